The van der Waals surface area contributed by atoms with E-state index in [1.165, 1.54) is 0 Å². The van der Waals surface area contributed by atoms with E-state index in [1.807, 2.05) is 19.9 Å². The SMILES string of the molecule is CC/C=C(/C)NC(CCC)=Nc1cc(B(O)O)ccc1C. The number of hydrogen-bond acceptors (Lipinski definition) is 3. The summed E-state index contributed by atoms with van der Waals surface area (Å²) in [5.74, 6) is 0.896. The van der Waals surface area contributed by atoms with E-state index in [0.29, 0.717) is 5.46 Å². The van der Waals surface area contributed by atoms with Gasteiger partial charge in [0.1, 0.15) is 5.84 Å². The first-order valence-corrected chi connectivity index (χ1v) is 7.46. The van der Waals surface area contributed by atoms with Gasteiger partial charge in [-0.1, -0.05) is 32.1 Å². The molecule has 0 fully saturated rings. The Balaban J connectivity index is 3.09. The van der Waals surface area contributed by atoms with Crippen molar-refractivity contribution in [3.8, 4) is 0 Å². The second kappa shape index (κ2) is 8.65. The van der Waals surface area contributed by atoms with Crippen LogP contribution in [0.2, 0.25) is 0 Å². The van der Waals surface area contributed by atoms with Crippen LogP contribution < -0.4 is 10.8 Å². The fourth-order valence-corrected chi connectivity index (χ4v) is 2.02. The number of hydrogen-bond donors (Lipinski definition) is 3. The van der Waals surface area contributed by atoms with Crippen LogP contribution in [0.3, 0.4) is 0 Å². The maximum atomic E-state index is 9.27. The van der Waals surface area contributed by atoms with Gasteiger partial charge >= 0.3 is 7.12 Å². The molecule has 114 valence electrons. The summed E-state index contributed by atoms with van der Waals surface area (Å²) in [7, 11) is -1.47. The van der Waals surface area contributed by atoms with Gasteiger partial charge in [-0.15, -0.1) is 0 Å². The highest BCUT2D eigenvalue weighted by atomic mass is 16.4. The third kappa shape index (κ3) is 5.73. The van der Waals surface area contributed by atoms with Crippen LogP contribution in [0, 0.1) is 6.92 Å². The molecule has 1 aromatic rings. The maximum absolute atomic E-state index is 9.27. The molecule has 0 aliphatic carbocycles. The van der Waals surface area contributed by atoms with Gasteiger partial charge in [0, 0.05) is 12.1 Å². The van der Waals surface area contributed by atoms with E-state index in [4.69, 9.17) is 0 Å². The van der Waals surface area contributed by atoms with Gasteiger partial charge in [0.15, 0.2) is 0 Å². The van der Waals surface area contributed by atoms with E-state index in [9.17, 15) is 10.0 Å². The quantitative estimate of drug-likeness (QED) is 0.428. The van der Waals surface area contributed by atoms with Crippen LogP contribution in [0.25, 0.3) is 0 Å². The molecule has 0 heterocycles. The summed E-state index contributed by atoms with van der Waals surface area (Å²) in [4.78, 5) is 4.66. The van der Waals surface area contributed by atoms with Crippen molar-refractivity contribution in [3.05, 3.63) is 35.5 Å². The van der Waals surface area contributed by atoms with Gasteiger partial charge in [0.05, 0.1) is 5.69 Å². The van der Waals surface area contributed by atoms with Crippen LogP contribution in [0.4, 0.5) is 5.69 Å². The predicted octanol–water partition coefficient (Wildman–Crippen LogP) is 2.41. The first-order chi connectivity index (χ1) is 9.97. The van der Waals surface area contributed by atoms with Gasteiger partial charge in [-0.25, -0.2) is 4.99 Å². The number of nitrogens with one attached hydrogen (secondary N) is 1. The largest absolute Gasteiger partial charge is 0.488 e. The molecule has 0 atom stereocenters. The van der Waals surface area contributed by atoms with Gasteiger partial charge in [0.2, 0.25) is 0 Å². The summed E-state index contributed by atoms with van der Waals surface area (Å²) in [6.45, 7) is 8.19. The monoisotopic (exact) mass is 288 g/mol. The minimum Gasteiger partial charge on any atom is -0.423 e. The molecule has 0 unspecified atom stereocenters. The first kappa shape index (κ1) is 17.5. The standard InChI is InChI=1S/C16H25BN2O2/c1-5-7-13(4)18-16(8-6-2)19-15-11-14(17(20)21)10-9-12(15)3/h7,9-11,20-21H,5-6,8H2,1-4H3,(H,18,19)/b13-7-. The smallest absolute Gasteiger partial charge is 0.423 e. The average molecular weight is 288 g/mol. The van der Waals surface area contributed by atoms with Crippen molar-refractivity contribution in [2.24, 2.45) is 4.99 Å². The molecule has 0 radical (unpaired) electrons. The van der Waals surface area contributed by atoms with Crippen molar-refractivity contribution in [1.29, 1.82) is 0 Å². The van der Waals surface area contributed by atoms with E-state index in [2.05, 4.69) is 30.2 Å². The van der Waals surface area contributed by atoms with Crippen LogP contribution >= 0.6 is 0 Å². The second-order valence-electron chi connectivity index (χ2n) is 5.15. The Hall–Kier alpha value is -1.59. The highest BCUT2D eigenvalue weighted by Crippen LogP contribution is 2.17. The van der Waals surface area contributed by atoms with Gasteiger partial charge in [0.25, 0.3) is 0 Å². The van der Waals surface area contributed by atoms with E-state index in [-0.39, 0.29) is 0 Å². The van der Waals surface area contributed by atoms with Crippen molar-refractivity contribution in [3.63, 3.8) is 0 Å². The second-order valence-corrected chi connectivity index (χ2v) is 5.15. The topological polar surface area (TPSA) is 64.9 Å². The Morgan fingerprint density at radius 1 is 1.33 bits per heavy atom. The average Bonchev–Trinajstić information content (AvgIpc) is 2.41. The van der Waals surface area contributed by atoms with E-state index < -0.39 is 7.12 Å². The number of allylic oxidation sites excluding steroid dienone is 2. The summed E-state index contributed by atoms with van der Waals surface area (Å²) in [5.41, 5.74) is 3.31. The zero-order valence-corrected chi connectivity index (χ0v) is 13.3. The molecule has 21 heavy (non-hydrogen) atoms. The minimum atomic E-state index is -1.47. The molecule has 4 nitrogen and oxygen atoms in total. The molecule has 0 spiro atoms. The lowest BCUT2D eigenvalue weighted by Crippen LogP contribution is -2.29. The van der Waals surface area contributed by atoms with Crippen LogP contribution in [0.15, 0.2) is 35.0 Å². The van der Waals surface area contributed by atoms with Crippen LogP contribution in [0.1, 0.15) is 45.6 Å². The van der Waals surface area contributed by atoms with Crippen molar-refractivity contribution in [2.45, 2.75) is 47.0 Å². The van der Waals surface area contributed by atoms with E-state index in [0.717, 1.165) is 42.0 Å². The molecule has 0 saturated carbocycles. The Labute approximate surface area is 127 Å². The van der Waals surface area contributed by atoms with Crippen molar-refractivity contribution < 1.29 is 10.0 Å². The molecule has 5 heteroatoms. The van der Waals surface area contributed by atoms with Crippen molar-refractivity contribution in [1.82, 2.24) is 5.32 Å². The summed E-state index contributed by atoms with van der Waals surface area (Å²) < 4.78 is 0. The number of aryl methyl sites for hydroxylation is 1. The zero-order valence-electron chi connectivity index (χ0n) is 13.3. The lowest BCUT2D eigenvalue weighted by molar-refractivity contribution is 0.426. The number of nitrogens with zero attached hydrogens (tertiary/aromatic N) is 1. The molecular weight excluding hydrogens is 263 g/mol. The minimum absolute atomic E-state index is 0.455. The van der Waals surface area contributed by atoms with Gasteiger partial charge in [-0.3, -0.25) is 0 Å². The molecule has 0 aromatic heterocycles. The Kier molecular flexibility index (Phi) is 7.19. The van der Waals surface area contributed by atoms with Crippen molar-refractivity contribution >= 4 is 24.1 Å². The molecule has 0 saturated heterocycles. The summed E-state index contributed by atoms with van der Waals surface area (Å²) in [5, 5.41) is 21.9. The normalized spacial score (nSPS) is 12.5. The number of benzene rings is 1. The third-order valence-electron chi connectivity index (χ3n) is 3.13. The van der Waals surface area contributed by atoms with Gasteiger partial charge in [-0.05, 0) is 43.8 Å². The predicted molar refractivity (Wildman–Crippen MR) is 90.2 cm³/mol. The van der Waals surface area contributed by atoms with Crippen molar-refractivity contribution in [2.75, 3.05) is 0 Å². The molecule has 0 amide bonds. The summed E-state index contributed by atoms with van der Waals surface area (Å²) in [6.07, 6.45) is 4.93. The summed E-state index contributed by atoms with van der Waals surface area (Å²) >= 11 is 0. The molecule has 0 aliphatic heterocycles. The molecule has 0 aliphatic rings. The molecular formula is C16H25BN2O2. The highest BCUT2D eigenvalue weighted by Gasteiger charge is 2.12. The molecule has 0 bridgehead atoms. The van der Waals surface area contributed by atoms with E-state index >= 15 is 0 Å². The van der Waals surface area contributed by atoms with Crippen LogP contribution in [-0.4, -0.2) is 23.0 Å². The van der Waals surface area contributed by atoms with E-state index in [1.54, 1.807) is 12.1 Å². The zero-order chi connectivity index (χ0) is 15.8. The first-order valence-electron chi connectivity index (χ1n) is 7.46. The lowest BCUT2D eigenvalue weighted by Gasteiger charge is -2.11. The highest BCUT2D eigenvalue weighted by molar-refractivity contribution is 6.58. The maximum Gasteiger partial charge on any atom is 0.488 e. The van der Waals surface area contributed by atoms with Gasteiger partial charge < -0.3 is 15.4 Å². The van der Waals surface area contributed by atoms with Crippen LogP contribution in [0.5, 0.6) is 0 Å². The summed E-state index contributed by atoms with van der Waals surface area (Å²) in [6, 6.07) is 5.27. The molecule has 1 rings (SSSR count). The number of rotatable bonds is 6. The van der Waals surface area contributed by atoms with Gasteiger partial charge in [-0.2, -0.15) is 0 Å². The molecule has 1 aromatic carbocycles. The fourth-order valence-electron chi connectivity index (χ4n) is 2.02. The lowest BCUT2D eigenvalue weighted by atomic mass is 9.80. The van der Waals surface area contributed by atoms with Crippen LogP contribution in [-0.2, 0) is 0 Å². The number of amidine groups is 1. The third-order valence-corrected chi connectivity index (χ3v) is 3.13. The number of aliphatic imine (C=N–C) groups is 1. The Morgan fingerprint density at radius 3 is 2.62 bits per heavy atom. The fraction of sp³-hybridized carbons (Fsp3) is 0.438. The molecule has 3 N–H and O–H groups in total. The Morgan fingerprint density at radius 2 is 2.05 bits per heavy atom. The Bertz CT molecular complexity index is 525.